The van der Waals surface area contributed by atoms with E-state index in [0.29, 0.717) is 23.4 Å². The lowest BCUT2D eigenvalue weighted by Crippen LogP contribution is -2.16. The van der Waals surface area contributed by atoms with E-state index < -0.39 is 10.0 Å². The van der Waals surface area contributed by atoms with Gasteiger partial charge in [0.2, 0.25) is 10.0 Å². The molecule has 0 unspecified atom stereocenters. The molecule has 0 atom stereocenters. The van der Waals surface area contributed by atoms with Gasteiger partial charge in [0.1, 0.15) is 0 Å². The van der Waals surface area contributed by atoms with Crippen molar-refractivity contribution in [2.24, 2.45) is 5.14 Å². The molecule has 0 saturated carbocycles. The molecule has 122 valence electrons. The molecular weight excluding hydrogens is 316 g/mol. The third-order valence-electron chi connectivity index (χ3n) is 3.28. The summed E-state index contributed by atoms with van der Waals surface area (Å²) >= 11 is 0. The minimum Gasteiger partial charge on any atom is -0.380 e. The van der Waals surface area contributed by atoms with Gasteiger partial charge in [-0.1, -0.05) is 18.2 Å². The molecule has 0 saturated heterocycles. The summed E-state index contributed by atoms with van der Waals surface area (Å²) in [6.07, 6.45) is 0. The monoisotopic (exact) mass is 334 g/mol. The smallest absolute Gasteiger partial charge is 0.255 e. The average Bonchev–Trinajstić information content (AvgIpc) is 2.49. The van der Waals surface area contributed by atoms with E-state index in [1.165, 1.54) is 6.07 Å². The second-order valence-corrected chi connectivity index (χ2v) is 6.64. The first-order valence-corrected chi connectivity index (χ1v) is 8.38. The molecule has 0 spiro atoms. The number of ether oxygens (including phenoxy) is 1. The number of carbonyl (C=O) groups excluding carboxylic acids is 1. The second-order valence-electron chi connectivity index (χ2n) is 5.11. The molecule has 0 aliphatic heterocycles. The Labute approximate surface area is 135 Å². The van der Waals surface area contributed by atoms with E-state index in [1.54, 1.807) is 50.4 Å². The number of primary sulfonamides is 1. The Morgan fingerprint density at radius 2 is 1.83 bits per heavy atom. The van der Waals surface area contributed by atoms with Gasteiger partial charge in [-0.25, -0.2) is 13.6 Å². The molecule has 23 heavy (non-hydrogen) atoms. The molecule has 0 heterocycles. The van der Waals surface area contributed by atoms with Gasteiger partial charge in [0.15, 0.2) is 0 Å². The highest BCUT2D eigenvalue weighted by Crippen LogP contribution is 2.19. The van der Waals surface area contributed by atoms with Crippen LogP contribution in [0.15, 0.2) is 47.4 Å². The number of methoxy groups -OCH3 is 1. The fraction of sp³-hybridized carbons (Fsp3) is 0.188. The zero-order valence-electron chi connectivity index (χ0n) is 12.9. The molecule has 0 aromatic heterocycles. The largest absolute Gasteiger partial charge is 0.380 e. The van der Waals surface area contributed by atoms with Gasteiger partial charge in [-0.05, 0) is 42.3 Å². The van der Waals surface area contributed by atoms with Gasteiger partial charge in [-0.2, -0.15) is 0 Å². The minimum atomic E-state index is -3.83. The van der Waals surface area contributed by atoms with Crippen LogP contribution in [0.1, 0.15) is 21.5 Å². The molecule has 0 radical (unpaired) electrons. The molecule has 2 rings (SSSR count). The molecule has 1 amide bonds. The van der Waals surface area contributed by atoms with Crippen LogP contribution in [0.4, 0.5) is 5.69 Å². The van der Waals surface area contributed by atoms with Crippen molar-refractivity contribution in [3.8, 4) is 0 Å². The van der Waals surface area contributed by atoms with Crippen molar-refractivity contribution in [3.05, 3.63) is 59.2 Å². The Hall–Kier alpha value is -2.22. The summed E-state index contributed by atoms with van der Waals surface area (Å²) in [4.78, 5) is 12.2. The Kier molecular flexibility index (Phi) is 5.15. The van der Waals surface area contributed by atoms with Crippen LogP contribution in [-0.4, -0.2) is 21.4 Å². The van der Waals surface area contributed by atoms with Crippen LogP contribution in [0.25, 0.3) is 0 Å². The summed E-state index contributed by atoms with van der Waals surface area (Å²) in [6.45, 7) is 2.11. The minimum absolute atomic E-state index is 0.00857. The van der Waals surface area contributed by atoms with Gasteiger partial charge in [0, 0.05) is 18.4 Å². The van der Waals surface area contributed by atoms with Crippen molar-refractivity contribution in [1.82, 2.24) is 0 Å². The molecule has 0 fully saturated rings. The Bertz CT molecular complexity index is 814. The molecule has 3 N–H and O–H groups in total. The van der Waals surface area contributed by atoms with Gasteiger partial charge in [-0.15, -0.1) is 0 Å². The first-order chi connectivity index (χ1) is 10.8. The van der Waals surface area contributed by atoms with Crippen molar-refractivity contribution in [2.75, 3.05) is 12.4 Å². The Morgan fingerprint density at radius 3 is 2.39 bits per heavy atom. The molecule has 2 aromatic rings. The summed E-state index contributed by atoms with van der Waals surface area (Å²) in [6, 6.07) is 11.5. The van der Waals surface area contributed by atoms with Crippen LogP contribution in [0.5, 0.6) is 0 Å². The molecule has 6 nitrogen and oxygen atoms in total. The van der Waals surface area contributed by atoms with Crippen LogP contribution in [0, 0.1) is 6.92 Å². The maximum atomic E-state index is 12.2. The molecule has 0 aliphatic rings. The van der Waals surface area contributed by atoms with Gasteiger partial charge in [0.05, 0.1) is 11.5 Å². The maximum Gasteiger partial charge on any atom is 0.255 e. The third-order valence-corrected chi connectivity index (χ3v) is 4.33. The normalized spacial score (nSPS) is 11.3. The van der Waals surface area contributed by atoms with Crippen LogP contribution in [0.2, 0.25) is 0 Å². The summed E-state index contributed by atoms with van der Waals surface area (Å²) in [5.74, 6) is -0.335. The van der Waals surface area contributed by atoms with Gasteiger partial charge >= 0.3 is 0 Å². The number of nitrogens with one attached hydrogen (secondary N) is 1. The van der Waals surface area contributed by atoms with E-state index in [9.17, 15) is 13.2 Å². The number of nitrogens with two attached hydrogens (primary N) is 1. The van der Waals surface area contributed by atoms with Gasteiger partial charge in [-0.3, -0.25) is 4.79 Å². The summed E-state index contributed by atoms with van der Waals surface area (Å²) in [5.41, 5.74) is 2.30. The van der Waals surface area contributed by atoms with Crippen molar-refractivity contribution in [3.63, 3.8) is 0 Å². The number of rotatable bonds is 5. The highest BCUT2D eigenvalue weighted by molar-refractivity contribution is 7.89. The lowest BCUT2D eigenvalue weighted by molar-refractivity contribution is 0.102. The Balaban J connectivity index is 2.20. The predicted molar refractivity (Wildman–Crippen MR) is 87.7 cm³/mol. The van der Waals surface area contributed by atoms with E-state index >= 15 is 0 Å². The van der Waals surface area contributed by atoms with Crippen LogP contribution in [-0.2, 0) is 21.4 Å². The van der Waals surface area contributed by atoms with Gasteiger partial charge < -0.3 is 10.1 Å². The van der Waals surface area contributed by atoms with E-state index in [0.717, 1.165) is 5.56 Å². The van der Waals surface area contributed by atoms with E-state index in [-0.39, 0.29) is 10.8 Å². The summed E-state index contributed by atoms with van der Waals surface area (Å²) < 4.78 is 28.0. The van der Waals surface area contributed by atoms with E-state index in [1.807, 2.05) is 0 Å². The third kappa shape index (κ3) is 4.38. The average molecular weight is 334 g/mol. The van der Waals surface area contributed by atoms with Crippen LogP contribution in [0.3, 0.4) is 0 Å². The number of aryl methyl sites for hydroxylation is 1. The van der Waals surface area contributed by atoms with Crippen molar-refractivity contribution in [2.45, 2.75) is 18.4 Å². The number of hydrogen-bond acceptors (Lipinski definition) is 4. The fourth-order valence-corrected chi connectivity index (χ4v) is 2.91. The number of amides is 1. The summed E-state index contributed by atoms with van der Waals surface area (Å²) in [7, 11) is -2.24. The predicted octanol–water partition coefficient (Wildman–Crippen LogP) is 2.04. The molecule has 0 bridgehead atoms. The topological polar surface area (TPSA) is 98.5 Å². The van der Waals surface area contributed by atoms with Crippen molar-refractivity contribution in [1.29, 1.82) is 0 Å². The second kappa shape index (κ2) is 6.91. The summed E-state index contributed by atoms with van der Waals surface area (Å²) in [5, 5.41) is 7.82. The zero-order chi connectivity index (χ0) is 17.0. The number of anilines is 1. The molecule has 2 aromatic carbocycles. The lowest BCUT2D eigenvalue weighted by atomic mass is 10.1. The first kappa shape index (κ1) is 17.1. The molecule has 0 aliphatic carbocycles. The Morgan fingerprint density at radius 1 is 1.17 bits per heavy atom. The number of benzene rings is 2. The van der Waals surface area contributed by atoms with Gasteiger partial charge in [0.25, 0.3) is 5.91 Å². The molecular formula is C16H18N2O4S. The standard InChI is InChI=1S/C16H18N2O4S/c1-11-3-8-14(9-15(11)23(17,20)21)18-16(19)13-6-4-12(5-7-13)10-22-2/h3-9H,10H2,1-2H3,(H,18,19)(H2,17,20,21). The van der Waals surface area contributed by atoms with Crippen LogP contribution >= 0.6 is 0 Å². The van der Waals surface area contributed by atoms with Crippen LogP contribution < -0.4 is 10.5 Å². The fourth-order valence-electron chi connectivity index (χ4n) is 2.11. The zero-order valence-corrected chi connectivity index (χ0v) is 13.7. The highest BCUT2D eigenvalue weighted by atomic mass is 32.2. The number of hydrogen-bond donors (Lipinski definition) is 2. The van der Waals surface area contributed by atoms with Crippen molar-refractivity contribution < 1.29 is 17.9 Å². The highest BCUT2D eigenvalue weighted by Gasteiger charge is 2.13. The first-order valence-electron chi connectivity index (χ1n) is 6.84. The lowest BCUT2D eigenvalue weighted by Gasteiger charge is -2.09. The SMILES string of the molecule is COCc1ccc(C(=O)Nc2ccc(C)c(S(N)(=O)=O)c2)cc1. The van der Waals surface area contributed by atoms with E-state index in [4.69, 9.17) is 9.88 Å². The number of carbonyl (C=O) groups is 1. The maximum absolute atomic E-state index is 12.2. The quantitative estimate of drug-likeness (QED) is 0.874. The number of sulfonamides is 1. The molecule has 7 heteroatoms. The van der Waals surface area contributed by atoms with E-state index in [2.05, 4.69) is 5.32 Å². The van der Waals surface area contributed by atoms with Crippen molar-refractivity contribution >= 4 is 21.6 Å².